The molecule has 1 aromatic heterocycles. The van der Waals surface area contributed by atoms with Crippen LogP contribution in [0.3, 0.4) is 0 Å². The van der Waals surface area contributed by atoms with Crippen LogP contribution in [-0.4, -0.2) is 55.4 Å². The molecule has 0 unspecified atom stereocenters. The SMILES string of the molecule is CCCN(CCOc1ccc(C[C@H](Nc2ccccc2C(=O)c2ccccc2)C(=O)OC)cc1)C(=O)c1cccs1. The van der Waals surface area contributed by atoms with Gasteiger partial charge in [-0.25, -0.2) is 4.79 Å². The molecule has 0 saturated carbocycles. The maximum absolute atomic E-state index is 13.2. The van der Waals surface area contributed by atoms with Crippen molar-refractivity contribution in [2.24, 2.45) is 0 Å². The number of nitrogens with zero attached hydrogens (tertiary/aromatic N) is 1. The number of carbonyl (C=O) groups excluding carboxylic acids is 3. The third-order valence-corrected chi connectivity index (χ3v) is 7.39. The number of para-hydroxylation sites is 1. The number of ether oxygens (including phenoxy) is 2. The number of methoxy groups -OCH3 is 1. The summed E-state index contributed by atoms with van der Waals surface area (Å²) in [5.41, 5.74) is 2.50. The summed E-state index contributed by atoms with van der Waals surface area (Å²) in [6, 6.07) is 26.7. The van der Waals surface area contributed by atoms with Gasteiger partial charge in [0.25, 0.3) is 5.91 Å². The molecule has 0 spiro atoms. The van der Waals surface area contributed by atoms with Crippen LogP contribution < -0.4 is 10.1 Å². The Hall–Kier alpha value is -4.43. The number of nitrogens with one attached hydrogen (secondary N) is 1. The molecule has 3 aromatic carbocycles. The molecule has 41 heavy (non-hydrogen) atoms. The lowest BCUT2D eigenvalue weighted by atomic mass is 10.00. The van der Waals surface area contributed by atoms with Gasteiger partial charge < -0.3 is 19.7 Å². The fraction of sp³-hybridized carbons (Fsp3) is 0.242. The molecule has 0 saturated heterocycles. The molecule has 8 heteroatoms. The van der Waals surface area contributed by atoms with Crippen LogP contribution in [0.5, 0.6) is 5.75 Å². The van der Waals surface area contributed by atoms with Crippen LogP contribution in [0.1, 0.15) is 44.5 Å². The third kappa shape index (κ3) is 8.05. The maximum atomic E-state index is 13.2. The van der Waals surface area contributed by atoms with E-state index in [1.54, 1.807) is 30.3 Å². The first kappa shape index (κ1) is 29.6. The monoisotopic (exact) mass is 570 g/mol. The molecule has 0 bridgehead atoms. The fourth-order valence-corrected chi connectivity index (χ4v) is 5.14. The molecule has 0 aliphatic rings. The number of esters is 1. The summed E-state index contributed by atoms with van der Waals surface area (Å²) in [6.45, 7) is 3.57. The van der Waals surface area contributed by atoms with Gasteiger partial charge in [-0.15, -0.1) is 11.3 Å². The molecule has 7 nitrogen and oxygen atoms in total. The molecule has 0 fully saturated rings. The van der Waals surface area contributed by atoms with Crippen molar-refractivity contribution in [1.29, 1.82) is 0 Å². The van der Waals surface area contributed by atoms with E-state index in [9.17, 15) is 14.4 Å². The fourth-order valence-electron chi connectivity index (χ4n) is 4.45. The van der Waals surface area contributed by atoms with Gasteiger partial charge >= 0.3 is 5.97 Å². The molecule has 0 aliphatic carbocycles. The zero-order valence-electron chi connectivity index (χ0n) is 23.2. The number of hydrogen-bond acceptors (Lipinski definition) is 7. The normalized spacial score (nSPS) is 11.4. The standard InChI is InChI=1S/C33H34N2O5S/c1-3-19-35(32(37)30-14-9-22-41-30)20-21-40-26-17-15-24(16-18-26)23-29(33(38)39-2)34-28-13-8-7-12-27(28)31(36)25-10-5-4-6-11-25/h4-18,22,29,34H,3,19-21,23H2,1-2H3/t29-/m0/s1. The lowest BCUT2D eigenvalue weighted by Gasteiger charge is -2.22. The zero-order chi connectivity index (χ0) is 29.0. The summed E-state index contributed by atoms with van der Waals surface area (Å²) in [7, 11) is 1.35. The van der Waals surface area contributed by atoms with E-state index < -0.39 is 12.0 Å². The number of benzene rings is 3. The second-order valence-electron chi connectivity index (χ2n) is 9.43. The lowest BCUT2D eigenvalue weighted by molar-refractivity contribution is -0.141. The molecule has 1 N–H and O–H groups in total. The lowest BCUT2D eigenvalue weighted by Crippen LogP contribution is -2.34. The highest BCUT2D eigenvalue weighted by atomic mass is 32.1. The minimum atomic E-state index is -0.706. The first-order valence-corrected chi connectivity index (χ1v) is 14.5. The molecule has 4 aromatic rings. The Morgan fingerprint density at radius 1 is 0.878 bits per heavy atom. The summed E-state index contributed by atoms with van der Waals surface area (Å²) in [5, 5.41) is 5.13. The number of amides is 1. The molecule has 212 valence electrons. The Morgan fingerprint density at radius 2 is 1.61 bits per heavy atom. The Labute approximate surface area is 244 Å². The largest absolute Gasteiger partial charge is 0.492 e. The predicted octanol–water partition coefficient (Wildman–Crippen LogP) is 6.11. The van der Waals surface area contributed by atoms with Crippen LogP contribution in [0.15, 0.2) is 96.4 Å². The van der Waals surface area contributed by atoms with Crippen molar-refractivity contribution >= 4 is 34.7 Å². The second-order valence-corrected chi connectivity index (χ2v) is 10.4. The third-order valence-electron chi connectivity index (χ3n) is 6.53. The van der Waals surface area contributed by atoms with Crippen molar-refractivity contribution in [3.05, 3.63) is 118 Å². The van der Waals surface area contributed by atoms with E-state index in [-0.39, 0.29) is 11.7 Å². The Balaban J connectivity index is 1.39. The van der Waals surface area contributed by atoms with Crippen molar-refractivity contribution in [1.82, 2.24) is 4.90 Å². The zero-order valence-corrected chi connectivity index (χ0v) is 24.1. The van der Waals surface area contributed by atoms with E-state index >= 15 is 0 Å². The van der Waals surface area contributed by atoms with E-state index in [2.05, 4.69) is 5.32 Å². The summed E-state index contributed by atoms with van der Waals surface area (Å²) < 4.78 is 11.0. The van der Waals surface area contributed by atoms with Crippen molar-refractivity contribution < 1.29 is 23.9 Å². The number of carbonyl (C=O) groups is 3. The van der Waals surface area contributed by atoms with Gasteiger partial charge in [0.05, 0.1) is 18.5 Å². The average Bonchev–Trinajstić information content (AvgIpc) is 3.56. The molecular formula is C33H34N2O5S. The van der Waals surface area contributed by atoms with Gasteiger partial charge in [-0.05, 0) is 47.7 Å². The van der Waals surface area contributed by atoms with Crippen molar-refractivity contribution in [3.8, 4) is 5.75 Å². The molecule has 0 radical (unpaired) electrons. The first-order chi connectivity index (χ1) is 20.0. The van der Waals surface area contributed by atoms with Crippen LogP contribution in [0.2, 0.25) is 0 Å². The quantitative estimate of drug-likeness (QED) is 0.146. The highest BCUT2D eigenvalue weighted by Crippen LogP contribution is 2.22. The number of ketones is 1. The van der Waals surface area contributed by atoms with Crippen LogP contribution in [0.25, 0.3) is 0 Å². The van der Waals surface area contributed by atoms with E-state index in [0.717, 1.165) is 16.9 Å². The minimum Gasteiger partial charge on any atom is -0.492 e. The van der Waals surface area contributed by atoms with E-state index in [1.165, 1.54) is 18.4 Å². The van der Waals surface area contributed by atoms with Crippen LogP contribution in [0, 0.1) is 0 Å². The summed E-state index contributed by atoms with van der Waals surface area (Å²) in [6.07, 6.45) is 1.21. The number of thiophene rings is 1. The molecule has 4 rings (SSSR count). The van der Waals surface area contributed by atoms with E-state index in [4.69, 9.17) is 9.47 Å². The van der Waals surface area contributed by atoms with Crippen molar-refractivity contribution in [2.75, 3.05) is 32.1 Å². The van der Waals surface area contributed by atoms with Gasteiger partial charge in [-0.1, -0.05) is 67.6 Å². The van der Waals surface area contributed by atoms with Gasteiger partial charge in [0.15, 0.2) is 5.78 Å². The summed E-state index contributed by atoms with van der Waals surface area (Å²) in [5.74, 6) is 0.136. The van der Waals surface area contributed by atoms with E-state index in [0.29, 0.717) is 48.7 Å². The smallest absolute Gasteiger partial charge is 0.328 e. The van der Waals surface area contributed by atoms with Gasteiger partial charge in [0.2, 0.25) is 0 Å². The van der Waals surface area contributed by atoms with Crippen molar-refractivity contribution in [2.45, 2.75) is 25.8 Å². The van der Waals surface area contributed by atoms with Gasteiger partial charge in [0, 0.05) is 29.8 Å². The maximum Gasteiger partial charge on any atom is 0.328 e. The minimum absolute atomic E-state index is 0.0224. The summed E-state index contributed by atoms with van der Waals surface area (Å²) in [4.78, 5) is 41.1. The predicted molar refractivity (Wildman–Crippen MR) is 162 cm³/mol. The molecule has 1 heterocycles. The number of anilines is 1. The van der Waals surface area contributed by atoms with Crippen LogP contribution >= 0.6 is 11.3 Å². The average molecular weight is 571 g/mol. The topological polar surface area (TPSA) is 84.9 Å². The first-order valence-electron chi connectivity index (χ1n) is 13.6. The Morgan fingerprint density at radius 3 is 2.29 bits per heavy atom. The Kier molecular flexibility index (Phi) is 10.7. The molecule has 1 atom stereocenters. The van der Waals surface area contributed by atoms with E-state index in [1.807, 2.05) is 77.9 Å². The molecular weight excluding hydrogens is 536 g/mol. The summed E-state index contributed by atoms with van der Waals surface area (Å²) >= 11 is 1.44. The number of hydrogen-bond donors (Lipinski definition) is 1. The second kappa shape index (κ2) is 14.8. The van der Waals surface area contributed by atoms with Crippen LogP contribution in [0.4, 0.5) is 5.69 Å². The van der Waals surface area contributed by atoms with Gasteiger partial charge in [-0.3, -0.25) is 9.59 Å². The Bertz CT molecular complexity index is 1420. The van der Waals surface area contributed by atoms with Gasteiger partial charge in [-0.2, -0.15) is 0 Å². The molecule has 0 aliphatic heterocycles. The van der Waals surface area contributed by atoms with Gasteiger partial charge in [0.1, 0.15) is 18.4 Å². The van der Waals surface area contributed by atoms with Crippen LogP contribution in [-0.2, 0) is 16.0 Å². The van der Waals surface area contributed by atoms with Crippen molar-refractivity contribution in [3.63, 3.8) is 0 Å². The number of rotatable bonds is 14. The highest BCUT2D eigenvalue weighted by molar-refractivity contribution is 7.12. The highest BCUT2D eigenvalue weighted by Gasteiger charge is 2.23. The molecule has 1 amide bonds.